The van der Waals surface area contributed by atoms with E-state index in [4.69, 9.17) is 9.47 Å². The lowest BCUT2D eigenvalue weighted by atomic mass is 10.4. The largest absolute Gasteiger partial charge is 0.467 e. The maximum absolute atomic E-state index is 10.7. The molecule has 1 aromatic rings. The van der Waals surface area contributed by atoms with Crippen LogP contribution in [0.15, 0.2) is 18.3 Å². The molecule has 0 fully saturated rings. The van der Waals surface area contributed by atoms with Crippen molar-refractivity contribution < 1.29 is 23.8 Å². The second-order valence-electron chi connectivity index (χ2n) is 2.79. The Balaban J connectivity index is 0.000000770. The highest BCUT2D eigenvalue weighted by Crippen LogP contribution is 2.22. The summed E-state index contributed by atoms with van der Waals surface area (Å²) in [4.78, 5) is 24.5. The van der Waals surface area contributed by atoms with E-state index in [-0.39, 0.29) is 18.2 Å². The van der Waals surface area contributed by atoms with Crippen LogP contribution in [0.1, 0.15) is 6.92 Å². The summed E-state index contributed by atoms with van der Waals surface area (Å²) < 4.78 is 14.0. The molecule has 0 aromatic carbocycles. The fourth-order valence-corrected chi connectivity index (χ4v) is 0.830. The molecular weight excluding hydrogens is 226 g/mol. The smallest absolute Gasteiger partial charge is 0.308 e. The first kappa shape index (κ1) is 15.0. The van der Waals surface area contributed by atoms with Gasteiger partial charge in [0.25, 0.3) is 5.88 Å². The van der Waals surface area contributed by atoms with Gasteiger partial charge in [0, 0.05) is 27.3 Å². The highest BCUT2D eigenvalue weighted by molar-refractivity contribution is 5.70. The topological polar surface area (TPSA) is 74.7 Å². The number of nitrogens with zero attached hydrogens (tertiary/aromatic N) is 1. The third kappa shape index (κ3) is 7.02. The Morgan fingerprint density at radius 1 is 1.47 bits per heavy atom. The second kappa shape index (κ2) is 9.29. The molecule has 0 N–H and O–H groups in total. The minimum absolute atomic E-state index is 0.120. The van der Waals surface area contributed by atoms with Gasteiger partial charge >= 0.3 is 5.97 Å². The van der Waals surface area contributed by atoms with Crippen molar-refractivity contribution in [2.45, 2.75) is 6.92 Å². The molecule has 0 aliphatic heterocycles. The molecule has 6 nitrogen and oxygen atoms in total. The first-order chi connectivity index (χ1) is 8.15. The number of carbonyl (C=O) groups is 2. The normalized spacial score (nSPS) is 8.65. The van der Waals surface area contributed by atoms with Crippen molar-refractivity contribution in [2.24, 2.45) is 0 Å². The van der Waals surface area contributed by atoms with Gasteiger partial charge in [-0.2, -0.15) is 0 Å². The Bertz CT molecular complexity index is 353. The zero-order chi connectivity index (χ0) is 13.1. The van der Waals surface area contributed by atoms with Crippen molar-refractivity contribution in [2.75, 3.05) is 20.8 Å². The molecule has 17 heavy (non-hydrogen) atoms. The molecule has 0 saturated carbocycles. The number of hydrogen-bond acceptors (Lipinski definition) is 6. The number of pyridine rings is 1. The van der Waals surface area contributed by atoms with Crippen LogP contribution in [0.2, 0.25) is 0 Å². The fraction of sp³-hybridized carbons (Fsp3) is 0.364. The molecule has 0 spiro atoms. The monoisotopic (exact) mass is 241 g/mol. The number of esters is 1. The van der Waals surface area contributed by atoms with Gasteiger partial charge in [-0.25, -0.2) is 4.98 Å². The van der Waals surface area contributed by atoms with Crippen LogP contribution >= 0.6 is 0 Å². The molecule has 0 aliphatic carbocycles. The van der Waals surface area contributed by atoms with E-state index < -0.39 is 5.97 Å². The lowest BCUT2D eigenvalue weighted by molar-refractivity contribution is -0.132. The van der Waals surface area contributed by atoms with E-state index in [1.807, 2.05) is 0 Å². The zero-order valence-electron chi connectivity index (χ0n) is 10.0. The van der Waals surface area contributed by atoms with Crippen LogP contribution in [-0.2, 0) is 14.3 Å². The van der Waals surface area contributed by atoms with Gasteiger partial charge in [-0.1, -0.05) is 0 Å². The second-order valence-corrected chi connectivity index (χ2v) is 2.79. The number of hydrogen-bond donors (Lipinski definition) is 0. The summed E-state index contributed by atoms with van der Waals surface area (Å²) in [5, 5.41) is 0. The first-order valence-corrected chi connectivity index (χ1v) is 4.75. The van der Waals surface area contributed by atoms with Crippen molar-refractivity contribution in [3.63, 3.8) is 0 Å². The predicted molar refractivity (Wildman–Crippen MR) is 60.0 cm³/mol. The van der Waals surface area contributed by atoms with Crippen LogP contribution < -0.4 is 9.47 Å². The Hall–Kier alpha value is -1.95. The molecule has 1 aromatic heterocycles. The summed E-state index contributed by atoms with van der Waals surface area (Å²) in [6.45, 7) is 1.15. The summed E-state index contributed by atoms with van der Waals surface area (Å²) in [7, 11) is 3.25. The molecule has 1 heterocycles. The number of rotatable bonds is 4. The van der Waals surface area contributed by atoms with Gasteiger partial charge in [0.2, 0.25) is 0 Å². The minimum Gasteiger partial charge on any atom is -0.467 e. The molecular formula is C11H15NO5. The number of methoxy groups -OCH3 is 1. The average molecular weight is 241 g/mol. The summed E-state index contributed by atoms with van der Waals surface area (Å²) in [6, 6.07) is 3.14. The molecule has 6 heteroatoms. The lowest BCUT2D eigenvalue weighted by Crippen LogP contribution is -2.06. The molecule has 0 aliphatic rings. The van der Waals surface area contributed by atoms with E-state index in [1.165, 1.54) is 19.2 Å². The number of carbonyl (C=O) groups excluding carboxylic acids is 2. The zero-order valence-corrected chi connectivity index (χ0v) is 10.0. The SMILES string of the molecule is CC(=O)Oc1cccnc1OCC=O.COC. The van der Waals surface area contributed by atoms with Crippen molar-refractivity contribution >= 4 is 12.3 Å². The van der Waals surface area contributed by atoms with Crippen molar-refractivity contribution in [3.8, 4) is 11.6 Å². The molecule has 0 saturated heterocycles. The Kier molecular flexibility index (Phi) is 8.22. The van der Waals surface area contributed by atoms with E-state index >= 15 is 0 Å². The summed E-state index contributed by atoms with van der Waals surface area (Å²) in [6.07, 6.45) is 2.07. The molecule has 0 unspecified atom stereocenters. The first-order valence-electron chi connectivity index (χ1n) is 4.75. The van der Waals surface area contributed by atoms with Gasteiger partial charge in [0.15, 0.2) is 12.0 Å². The lowest BCUT2D eigenvalue weighted by Gasteiger charge is -2.06. The van der Waals surface area contributed by atoms with Crippen LogP contribution in [0.3, 0.4) is 0 Å². The Morgan fingerprint density at radius 2 is 2.12 bits per heavy atom. The van der Waals surface area contributed by atoms with Crippen LogP contribution in [0.25, 0.3) is 0 Å². The Morgan fingerprint density at radius 3 is 2.65 bits per heavy atom. The number of aromatic nitrogens is 1. The summed E-state index contributed by atoms with van der Waals surface area (Å²) in [5.74, 6) is -0.120. The fourth-order valence-electron chi connectivity index (χ4n) is 0.830. The molecule has 0 amide bonds. The van der Waals surface area contributed by atoms with Crippen molar-refractivity contribution in [3.05, 3.63) is 18.3 Å². The minimum atomic E-state index is -0.464. The quantitative estimate of drug-likeness (QED) is 0.574. The standard InChI is InChI=1S/C9H9NO4.C2H6O/c1-7(12)14-8-3-2-4-10-9(8)13-6-5-11;1-3-2/h2-5H,6H2,1H3;1-2H3. The van der Waals surface area contributed by atoms with Crippen molar-refractivity contribution in [1.29, 1.82) is 0 Å². The summed E-state index contributed by atoms with van der Waals surface area (Å²) in [5.41, 5.74) is 0. The molecule has 0 atom stereocenters. The van der Waals surface area contributed by atoms with Gasteiger partial charge in [0.1, 0.15) is 6.61 Å². The van der Waals surface area contributed by atoms with Crippen LogP contribution in [0, 0.1) is 0 Å². The highest BCUT2D eigenvalue weighted by atomic mass is 16.6. The molecule has 0 radical (unpaired) electrons. The van der Waals surface area contributed by atoms with Crippen LogP contribution in [0.4, 0.5) is 0 Å². The highest BCUT2D eigenvalue weighted by Gasteiger charge is 2.07. The van der Waals surface area contributed by atoms with E-state index in [0.717, 1.165) is 0 Å². The van der Waals surface area contributed by atoms with E-state index in [9.17, 15) is 9.59 Å². The van der Waals surface area contributed by atoms with E-state index in [0.29, 0.717) is 6.29 Å². The predicted octanol–water partition coefficient (Wildman–Crippen LogP) is 0.847. The maximum Gasteiger partial charge on any atom is 0.308 e. The maximum atomic E-state index is 10.7. The van der Waals surface area contributed by atoms with E-state index in [1.54, 1.807) is 20.3 Å². The number of ether oxygens (including phenoxy) is 3. The third-order valence-corrected chi connectivity index (χ3v) is 1.28. The van der Waals surface area contributed by atoms with Crippen LogP contribution in [-0.4, -0.2) is 38.1 Å². The van der Waals surface area contributed by atoms with Gasteiger partial charge in [-0.05, 0) is 12.1 Å². The average Bonchev–Trinajstić information content (AvgIpc) is 2.28. The molecule has 1 rings (SSSR count). The van der Waals surface area contributed by atoms with Gasteiger partial charge in [-0.3, -0.25) is 9.59 Å². The number of aldehydes is 1. The van der Waals surface area contributed by atoms with Crippen molar-refractivity contribution in [1.82, 2.24) is 4.98 Å². The van der Waals surface area contributed by atoms with Gasteiger partial charge in [0.05, 0.1) is 0 Å². The van der Waals surface area contributed by atoms with Gasteiger partial charge in [-0.15, -0.1) is 0 Å². The van der Waals surface area contributed by atoms with Gasteiger partial charge < -0.3 is 14.2 Å². The summed E-state index contributed by atoms with van der Waals surface area (Å²) >= 11 is 0. The third-order valence-electron chi connectivity index (χ3n) is 1.28. The molecule has 0 bridgehead atoms. The van der Waals surface area contributed by atoms with E-state index in [2.05, 4.69) is 9.72 Å². The van der Waals surface area contributed by atoms with Crippen LogP contribution in [0.5, 0.6) is 11.6 Å². The Labute approximate surface area is 99.5 Å². The molecule has 94 valence electrons.